The maximum atomic E-state index is 11.5. The second-order valence-electron chi connectivity index (χ2n) is 6.71. The van der Waals surface area contributed by atoms with E-state index < -0.39 is 9.84 Å². The molecule has 0 bridgehead atoms. The summed E-state index contributed by atoms with van der Waals surface area (Å²) in [4.78, 5) is 5.02. The van der Waals surface area contributed by atoms with Gasteiger partial charge in [-0.15, -0.1) is 0 Å². The second-order valence-corrected chi connectivity index (χ2v) is 8.73. The lowest BCUT2D eigenvalue weighted by Gasteiger charge is -2.13. The van der Waals surface area contributed by atoms with Gasteiger partial charge in [-0.05, 0) is 63.1 Å². The Kier molecular flexibility index (Phi) is 8.16. The van der Waals surface area contributed by atoms with E-state index in [9.17, 15) is 8.42 Å². The molecule has 2 rings (SSSR count). The van der Waals surface area contributed by atoms with Gasteiger partial charge >= 0.3 is 0 Å². The molecule has 1 aliphatic carbocycles. The van der Waals surface area contributed by atoms with E-state index in [0.29, 0.717) is 4.90 Å². The molecule has 1 aliphatic rings. The minimum atomic E-state index is -3.13. The van der Waals surface area contributed by atoms with Gasteiger partial charge in [-0.25, -0.2) is 8.42 Å². The highest BCUT2D eigenvalue weighted by Gasteiger charge is 2.06. The third kappa shape index (κ3) is 7.20. The van der Waals surface area contributed by atoms with Crippen molar-refractivity contribution in [3.05, 3.63) is 41.5 Å². The number of benzene rings is 1. The number of allylic oxidation sites excluding steroid dienone is 1. The lowest BCUT2D eigenvalue weighted by atomic mass is 9.97. The second kappa shape index (κ2) is 10.4. The van der Waals surface area contributed by atoms with Gasteiger partial charge in [0.25, 0.3) is 0 Å². The summed E-state index contributed by atoms with van der Waals surface area (Å²) in [5, 5.41) is 6.63. The number of hydrogen-bond donors (Lipinski definition) is 2. The van der Waals surface area contributed by atoms with Gasteiger partial charge in [0.2, 0.25) is 0 Å². The first kappa shape index (κ1) is 20.5. The fourth-order valence-corrected chi connectivity index (χ4v) is 3.64. The van der Waals surface area contributed by atoms with Gasteiger partial charge in [0.05, 0.1) is 4.90 Å². The summed E-state index contributed by atoms with van der Waals surface area (Å²) < 4.78 is 23.0. The number of nitrogens with one attached hydrogen (secondary N) is 2. The first-order valence-corrected chi connectivity index (χ1v) is 11.4. The van der Waals surface area contributed by atoms with Crippen LogP contribution >= 0.6 is 0 Å². The Morgan fingerprint density at radius 3 is 2.50 bits per heavy atom. The fraction of sp³-hybridized carbons (Fsp3) is 0.550. The predicted octanol–water partition coefficient (Wildman–Crippen LogP) is 3.08. The zero-order valence-electron chi connectivity index (χ0n) is 15.9. The molecule has 6 heteroatoms. The van der Waals surface area contributed by atoms with E-state index >= 15 is 0 Å². The van der Waals surface area contributed by atoms with Crippen molar-refractivity contribution in [2.45, 2.75) is 50.3 Å². The van der Waals surface area contributed by atoms with Gasteiger partial charge in [-0.1, -0.05) is 23.8 Å². The van der Waals surface area contributed by atoms with Crippen LogP contribution in [0, 0.1) is 0 Å². The number of aliphatic imine (C=N–C) groups is 1. The summed E-state index contributed by atoms with van der Waals surface area (Å²) >= 11 is 0. The van der Waals surface area contributed by atoms with Gasteiger partial charge in [0.1, 0.15) is 0 Å². The molecule has 0 saturated carbocycles. The summed E-state index contributed by atoms with van der Waals surface area (Å²) in [6.45, 7) is 4.46. The van der Waals surface area contributed by atoms with Crippen LogP contribution < -0.4 is 10.6 Å². The number of guanidine groups is 1. The van der Waals surface area contributed by atoms with Crippen LogP contribution in [-0.4, -0.2) is 40.3 Å². The standard InChI is InChI=1S/C20H31N3O2S/c1-3-21-20(22-15-13-17-7-5-4-6-8-17)23-16-14-18-9-11-19(12-10-18)26(2,24)25/h7,9-12H,3-6,8,13-16H2,1-2H3,(H2,21,22,23). The third-order valence-electron chi connectivity index (χ3n) is 4.49. The van der Waals surface area contributed by atoms with Crippen LogP contribution in [0.2, 0.25) is 0 Å². The Balaban J connectivity index is 1.80. The Morgan fingerprint density at radius 2 is 1.88 bits per heavy atom. The first-order chi connectivity index (χ1) is 12.5. The van der Waals surface area contributed by atoms with Gasteiger partial charge in [0.15, 0.2) is 15.8 Å². The lowest BCUT2D eigenvalue weighted by molar-refractivity contribution is 0.602. The number of rotatable bonds is 8. The third-order valence-corrected chi connectivity index (χ3v) is 5.62. The molecule has 0 aliphatic heterocycles. The van der Waals surface area contributed by atoms with Crippen molar-refractivity contribution in [1.29, 1.82) is 0 Å². The van der Waals surface area contributed by atoms with Crippen LogP contribution in [0.5, 0.6) is 0 Å². The van der Waals surface area contributed by atoms with E-state index in [1.54, 1.807) is 17.7 Å². The Labute approximate surface area is 157 Å². The molecule has 0 fully saturated rings. The molecule has 5 nitrogen and oxygen atoms in total. The van der Waals surface area contributed by atoms with Gasteiger partial charge < -0.3 is 10.6 Å². The molecule has 0 heterocycles. The minimum absolute atomic E-state index is 0.362. The SMILES string of the molecule is CCNC(=NCCC1=CCCCC1)NCCc1ccc(S(C)(=O)=O)cc1. The first-order valence-electron chi connectivity index (χ1n) is 9.48. The van der Waals surface area contributed by atoms with Crippen molar-refractivity contribution < 1.29 is 8.42 Å². The molecule has 0 saturated heterocycles. The topological polar surface area (TPSA) is 70.6 Å². The predicted molar refractivity (Wildman–Crippen MR) is 108 cm³/mol. The van der Waals surface area contributed by atoms with Crippen molar-refractivity contribution in [2.24, 2.45) is 4.99 Å². The largest absolute Gasteiger partial charge is 0.357 e. The average Bonchev–Trinajstić information content (AvgIpc) is 2.62. The summed E-state index contributed by atoms with van der Waals surface area (Å²) in [5.41, 5.74) is 2.65. The molecule has 0 unspecified atom stereocenters. The Hall–Kier alpha value is -1.82. The number of sulfone groups is 1. The van der Waals surface area contributed by atoms with Crippen LogP contribution in [0.3, 0.4) is 0 Å². The molecule has 144 valence electrons. The normalized spacial score (nSPS) is 15.5. The molecule has 0 aromatic heterocycles. The highest BCUT2D eigenvalue weighted by molar-refractivity contribution is 7.90. The molecule has 0 spiro atoms. The molecule has 2 N–H and O–H groups in total. The molecule has 0 amide bonds. The van der Waals surface area contributed by atoms with E-state index in [1.807, 2.05) is 12.1 Å². The molecule has 26 heavy (non-hydrogen) atoms. The van der Waals surface area contributed by atoms with Crippen molar-refractivity contribution in [2.75, 3.05) is 25.9 Å². The van der Waals surface area contributed by atoms with Crippen molar-refractivity contribution >= 4 is 15.8 Å². The monoisotopic (exact) mass is 377 g/mol. The minimum Gasteiger partial charge on any atom is -0.357 e. The Morgan fingerprint density at radius 1 is 1.12 bits per heavy atom. The number of nitrogens with zero attached hydrogens (tertiary/aromatic N) is 1. The zero-order valence-corrected chi connectivity index (χ0v) is 16.7. The summed E-state index contributed by atoms with van der Waals surface area (Å²) in [5.74, 6) is 0.844. The van der Waals surface area contributed by atoms with E-state index in [4.69, 9.17) is 0 Å². The molecule has 0 atom stereocenters. The van der Waals surface area contributed by atoms with Crippen molar-refractivity contribution in [1.82, 2.24) is 10.6 Å². The van der Waals surface area contributed by atoms with Crippen LogP contribution in [0.25, 0.3) is 0 Å². The van der Waals surface area contributed by atoms with Gasteiger partial charge in [-0.2, -0.15) is 0 Å². The van der Waals surface area contributed by atoms with Crippen LogP contribution in [0.15, 0.2) is 45.8 Å². The zero-order chi connectivity index (χ0) is 18.8. The average molecular weight is 378 g/mol. The van der Waals surface area contributed by atoms with Gasteiger partial charge in [-0.3, -0.25) is 4.99 Å². The van der Waals surface area contributed by atoms with Crippen LogP contribution in [0.4, 0.5) is 0 Å². The molecule has 1 aromatic rings. The summed E-state index contributed by atoms with van der Waals surface area (Å²) in [7, 11) is -3.13. The van der Waals surface area contributed by atoms with Crippen molar-refractivity contribution in [3.63, 3.8) is 0 Å². The molecule has 0 radical (unpaired) electrons. The quantitative estimate of drug-likeness (QED) is 0.415. The summed E-state index contributed by atoms with van der Waals surface area (Å²) in [6, 6.07) is 7.08. The van der Waals surface area contributed by atoms with Crippen molar-refractivity contribution in [3.8, 4) is 0 Å². The van der Waals surface area contributed by atoms with Gasteiger partial charge in [0, 0.05) is 25.9 Å². The van der Waals surface area contributed by atoms with Crippen LogP contribution in [-0.2, 0) is 16.3 Å². The van der Waals surface area contributed by atoms with E-state index in [0.717, 1.165) is 44.0 Å². The summed E-state index contributed by atoms with van der Waals surface area (Å²) in [6.07, 6.45) is 10.5. The lowest BCUT2D eigenvalue weighted by Crippen LogP contribution is -2.38. The Bertz CT molecular complexity index is 722. The number of hydrogen-bond acceptors (Lipinski definition) is 3. The molecular weight excluding hydrogens is 346 g/mol. The van der Waals surface area contributed by atoms with E-state index in [2.05, 4.69) is 28.6 Å². The van der Waals surface area contributed by atoms with E-state index in [-0.39, 0.29) is 0 Å². The maximum Gasteiger partial charge on any atom is 0.191 e. The molecular formula is C20H31N3O2S. The fourth-order valence-electron chi connectivity index (χ4n) is 3.01. The van der Waals surface area contributed by atoms with E-state index in [1.165, 1.54) is 31.9 Å². The van der Waals surface area contributed by atoms with Crippen LogP contribution in [0.1, 0.15) is 44.6 Å². The smallest absolute Gasteiger partial charge is 0.191 e. The molecule has 1 aromatic carbocycles. The maximum absolute atomic E-state index is 11.5. The highest BCUT2D eigenvalue weighted by atomic mass is 32.2. The highest BCUT2D eigenvalue weighted by Crippen LogP contribution is 2.19.